The molecule has 5 nitrogen and oxygen atoms in total. The van der Waals surface area contributed by atoms with Gasteiger partial charge in [-0.1, -0.05) is 54.1 Å². The highest BCUT2D eigenvalue weighted by molar-refractivity contribution is 5.91. The second kappa shape index (κ2) is 8.88. The van der Waals surface area contributed by atoms with Crippen molar-refractivity contribution in [2.45, 2.75) is 20.8 Å². The zero-order chi connectivity index (χ0) is 21.8. The largest absolute Gasteiger partial charge is 0.376 e. The van der Waals surface area contributed by atoms with E-state index in [1.807, 2.05) is 31.2 Å². The number of carbonyl (C=O) groups is 1. The van der Waals surface area contributed by atoms with Crippen LogP contribution in [0.5, 0.6) is 0 Å². The molecule has 31 heavy (non-hydrogen) atoms. The van der Waals surface area contributed by atoms with E-state index in [-0.39, 0.29) is 12.5 Å². The smallest absolute Gasteiger partial charge is 0.259 e. The molecule has 1 amide bonds. The fourth-order valence-electron chi connectivity index (χ4n) is 3.76. The Morgan fingerprint density at radius 2 is 1.71 bits per heavy atom. The number of nitrogens with one attached hydrogen (secondary N) is 2. The number of fused-ring (bicyclic) bond motifs is 1. The summed E-state index contributed by atoms with van der Waals surface area (Å²) in [5.41, 5.74) is 8.98. The first-order valence-corrected chi connectivity index (χ1v) is 10.3. The highest BCUT2D eigenvalue weighted by atomic mass is 16.2. The molecule has 0 aliphatic heterocycles. The van der Waals surface area contributed by atoms with E-state index in [0.717, 1.165) is 28.3 Å². The van der Waals surface area contributed by atoms with Gasteiger partial charge in [0.25, 0.3) is 5.91 Å². The number of aromatic nitrogens is 1. The summed E-state index contributed by atoms with van der Waals surface area (Å²) in [6.45, 7) is 6.34. The Balaban J connectivity index is 1.46. The number of aryl methyl sites for hydroxylation is 2. The Morgan fingerprint density at radius 1 is 0.968 bits per heavy atom. The molecule has 0 saturated carbocycles. The molecule has 4 aromatic rings. The quantitative estimate of drug-likeness (QED) is 0.342. The number of rotatable bonds is 6. The number of benzene rings is 3. The Morgan fingerprint density at radius 3 is 2.52 bits per heavy atom. The van der Waals surface area contributed by atoms with Crippen molar-refractivity contribution < 1.29 is 4.79 Å². The lowest BCUT2D eigenvalue weighted by Gasteiger charge is -2.13. The average molecular weight is 411 g/mol. The molecular weight excluding hydrogens is 384 g/mol. The Kier molecular flexibility index (Phi) is 5.85. The number of nitrogens with zero attached hydrogens (tertiary/aromatic N) is 2. The van der Waals surface area contributed by atoms with Crippen LogP contribution in [0.25, 0.3) is 16.5 Å². The van der Waals surface area contributed by atoms with Crippen LogP contribution in [0.15, 0.2) is 77.9 Å². The maximum absolute atomic E-state index is 12.1. The van der Waals surface area contributed by atoms with E-state index >= 15 is 0 Å². The van der Waals surface area contributed by atoms with Gasteiger partial charge >= 0.3 is 0 Å². The number of hydrazone groups is 1. The standard InChI is InChI=1S/C26H26N4O/c1-18-11-13-23(14-12-18)27-17-26(31)29-28-16-22-15-19(2)30(20(22)3)25-10-6-8-21-7-4-5-9-24(21)25/h4-16,27H,17H2,1-3H3,(H,29,31)/b28-16-. The first-order chi connectivity index (χ1) is 15.0. The highest BCUT2D eigenvalue weighted by Gasteiger charge is 2.12. The van der Waals surface area contributed by atoms with Crippen LogP contribution < -0.4 is 10.7 Å². The Hall–Kier alpha value is -3.86. The minimum absolute atomic E-state index is 0.162. The van der Waals surface area contributed by atoms with E-state index in [1.54, 1.807) is 6.21 Å². The van der Waals surface area contributed by atoms with Crippen LogP contribution in [0, 0.1) is 20.8 Å². The summed E-state index contributed by atoms with van der Waals surface area (Å²) in [7, 11) is 0. The minimum Gasteiger partial charge on any atom is -0.376 e. The Labute approximate surface area is 182 Å². The summed E-state index contributed by atoms with van der Waals surface area (Å²) >= 11 is 0. The first-order valence-electron chi connectivity index (χ1n) is 10.3. The number of amides is 1. The SMILES string of the molecule is Cc1ccc(NCC(=O)N/N=C\c2cc(C)n(-c3cccc4ccccc34)c2C)cc1. The predicted molar refractivity (Wildman–Crippen MR) is 128 cm³/mol. The molecule has 4 rings (SSSR count). The van der Waals surface area contributed by atoms with Crippen molar-refractivity contribution in [3.63, 3.8) is 0 Å². The molecule has 0 aliphatic rings. The second-order valence-corrected chi connectivity index (χ2v) is 7.67. The normalized spacial score (nSPS) is 11.2. The number of carbonyl (C=O) groups excluding carboxylic acids is 1. The summed E-state index contributed by atoms with van der Waals surface area (Å²) < 4.78 is 2.23. The number of anilines is 1. The van der Waals surface area contributed by atoms with Crippen LogP contribution in [0.1, 0.15) is 22.5 Å². The zero-order valence-corrected chi connectivity index (χ0v) is 18.0. The number of hydrogen-bond donors (Lipinski definition) is 2. The van der Waals surface area contributed by atoms with Gasteiger partial charge in [-0.3, -0.25) is 4.79 Å². The molecule has 0 bridgehead atoms. The van der Waals surface area contributed by atoms with Gasteiger partial charge in [-0.15, -0.1) is 0 Å². The third-order valence-electron chi connectivity index (χ3n) is 5.38. The topological polar surface area (TPSA) is 58.4 Å². The lowest BCUT2D eigenvalue weighted by Crippen LogP contribution is -2.25. The molecule has 0 radical (unpaired) electrons. The van der Waals surface area contributed by atoms with Crippen molar-refractivity contribution in [1.82, 2.24) is 9.99 Å². The summed E-state index contributed by atoms with van der Waals surface area (Å²) in [5, 5.41) is 9.66. The molecule has 0 unspecified atom stereocenters. The molecule has 5 heteroatoms. The van der Waals surface area contributed by atoms with E-state index in [1.165, 1.54) is 16.3 Å². The van der Waals surface area contributed by atoms with Gasteiger partial charge in [-0.2, -0.15) is 5.10 Å². The molecule has 3 aromatic carbocycles. The fourth-order valence-corrected chi connectivity index (χ4v) is 3.76. The third kappa shape index (κ3) is 4.51. The van der Waals surface area contributed by atoms with Crippen molar-refractivity contribution in [2.24, 2.45) is 5.10 Å². The second-order valence-electron chi connectivity index (χ2n) is 7.67. The van der Waals surface area contributed by atoms with Crippen LogP contribution in [0.2, 0.25) is 0 Å². The molecule has 0 aliphatic carbocycles. The molecule has 0 saturated heterocycles. The molecule has 0 atom stereocenters. The third-order valence-corrected chi connectivity index (χ3v) is 5.38. The summed E-state index contributed by atoms with van der Waals surface area (Å²) in [5.74, 6) is -0.195. The zero-order valence-electron chi connectivity index (χ0n) is 18.0. The maximum Gasteiger partial charge on any atom is 0.259 e. The summed E-state index contributed by atoms with van der Waals surface area (Å²) in [4.78, 5) is 12.1. The fraction of sp³-hybridized carbons (Fsp3) is 0.154. The molecule has 2 N–H and O–H groups in total. The van der Waals surface area contributed by atoms with Crippen LogP contribution in [0.3, 0.4) is 0 Å². The maximum atomic E-state index is 12.1. The predicted octanol–water partition coefficient (Wildman–Crippen LogP) is 5.12. The minimum atomic E-state index is -0.195. The van der Waals surface area contributed by atoms with E-state index in [0.29, 0.717) is 0 Å². The molecule has 0 fully saturated rings. The molecular formula is C26H26N4O. The lowest BCUT2D eigenvalue weighted by atomic mass is 10.1. The Bertz CT molecular complexity index is 1250. The van der Waals surface area contributed by atoms with Crippen molar-refractivity contribution in [2.75, 3.05) is 11.9 Å². The van der Waals surface area contributed by atoms with E-state index in [2.05, 4.69) is 82.8 Å². The van der Waals surface area contributed by atoms with Gasteiger partial charge in [0.15, 0.2) is 0 Å². The highest BCUT2D eigenvalue weighted by Crippen LogP contribution is 2.26. The molecule has 1 heterocycles. The molecule has 156 valence electrons. The van der Waals surface area contributed by atoms with Crippen LogP contribution in [-0.2, 0) is 4.79 Å². The van der Waals surface area contributed by atoms with Gasteiger partial charge in [-0.05, 0) is 50.4 Å². The van der Waals surface area contributed by atoms with Crippen molar-refractivity contribution in [1.29, 1.82) is 0 Å². The van der Waals surface area contributed by atoms with Gasteiger partial charge in [0.05, 0.1) is 18.4 Å². The molecule has 0 spiro atoms. The van der Waals surface area contributed by atoms with E-state index in [4.69, 9.17) is 0 Å². The lowest BCUT2D eigenvalue weighted by molar-refractivity contribution is -0.119. The van der Waals surface area contributed by atoms with Gasteiger partial charge in [-0.25, -0.2) is 5.43 Å². The van der Waals surface area contributed by atoms with E-state index < -0.39 is 0 Å². The van der Waals surface area contributed by atoms with Gasteiger partial charge in [0.2, 0.25) is 0 Å². The monoisotopic (exact) mass is 410 g/mol. The van der Waals surface area contributed by atoms with Crippen LogP contribution in [-0.4, -0.2) is 23.2 Å². The number of hydrogen-bond acceptors (Lipinski definition) is 3. The van der Waals surface area contributed by atoms with Gasteiger partial charge < -0.3 is 9.88 Å². The summed E-state index contributed by atoms with van der Waals surface area (Å²) in [6.07, 6.45) is 1.70. The van der Waals surface area contributed by atoms with Gasteiger partial charge in [0, 0.05) is 28.0 Å². The van der Waals surface area contributed by atoms with Gasteiger partial charge in [0.1, 0.15) is 0 Å². The van der Waals surface area contributed by atoms with Crippen LogP contribution in [0.4, 0.5) is 5.69 Å². The first kappa shape index (κ1) is 20.4. The van der Waals surface area contributed by atoms with E-state index in [9.17, 15) is 4.79 Å². The van der Waals surface area contributed by atoms with Crippen LogP contribution >= 0.6 is 0 Å². The van der Waals surface area contributed by atoms with Crippen molar-refractivity contribution >= 4 is 28.6 Å². The molecule has 1 aromatic heterocycles. The summed E-state index contributed by atoms with van der Waals surface area (Å²) in [6, 6.07) is 24.7. The van der Waals surface area contributed by atoms with Crippen molar-refractivity contribution in [3.8, 4) is 5.69 Å². The van der Waals surface area contributed by atoms with Crippen molar-refractivity contribution in [3.05, 3.63) is 95.3 Å². The average Bonchev–Trinajstić information content (AvgIpc) is 3.06.